The van der Waals surface area contributed by atoms with Crippen molar-refractivity contribution in [3.63, 3.8) is 0 Å². The number of carbonyl (C=O) groups is 1. The average molecular weight is 469 g/mol. The van der Waals surface area contributed by atoms with Crippen LogP contribution >= 0.6 is 11.8 Å². The number of sulfonamides is 1. The summed E-state index contributed by atoms with van der Waals surface area (Å²) in [5.41, 5.74) is 0.852. The van der Waals surface area contributed by atoms with Crippen molar-refractivity contribution >= 4 is 27.7 Å². The van der Waals surface area contributed by atoms with Crippen LogP contribution in [0.5, 0.6) is 5.75 Å². The number of halogens is 1. The van der Waals surface area contributed by atoms with Crippen molar-refractivity contribution in [2.75, 3.05) is 12.0 Å². The van der Waals surface area contributed by atoms with Crippen LogP contribution in [0.4, 0.5) is 4.39 Å². The first kappa shape index (κ1) is 25.2. The van der Waals surface area contributed by atoms with Crippen LogP contribution in [0.1, 0.15) is 38.8 Å². The lowest BCUT2D eigenvalue weighted by Gasteiger charge is -2.22. The van der Waals surface area contributed by atoms with Gasteiger partial charge in [0.25, 0.3) is 0 Å². The van der Waals surface area contributed by atoms with Gasteiger partial charge in [-0.3, -0.25) is 4.79 Å². The van der Waals surface area contributed by atoms with E-state index in [1.807, 2.05) is 51.3 Å². The number of hydrogen-bond donors (Lipinski definition) is 2. The molecule has 6 nitrogen and oxygen atoms in total. The molecular weight excluding hydrogens is 439 g/mol. The summed E-state index contributed by atoms with van der Waals surface area (Å²) >= 11 is 1.49. The highest BCUT2D eigenvalue weighted by atomic mass is 32.2. The fourth-order valence-corrected chi connectivity index (χ4v) is 4.68. The fourth-order valence-electron chi connectivity index (χ4n) is 2.90. The number of nitrogens with one attached hydrogen (secondary N) is 2. The minimum Gasteiger partial charge on any atom is -0.491 e. The SMILES string of the molecule is CSCCC(NS(=O)(=O)c1ccccc1F)C(=O)NC(C)c1ccc(OC(C)C)cc1. The largest absolute Gasteiger partial charge is 0.491 e. The first-order valence-corrected chi connectivity index (χ1v) is 12.8. The lowest BCUT2D eigenvalue weighted by molar-refractivity contribution is -0.123. The van der Waals surface area contributed by atoms with Crippen LogP contribution in [0.25, 0.3) is 0 Å². The van der Waals surface area contributed by atoms with Crippen molar-refractivity contribution in [3.8, 4) is 5.75 Å². The molecule has 1 amide bonds. The number of benzene rings is 2. The van der Waals surface area contributed by atoms with Gasteiger partial charge < -0.3 is 10.1 Å². The molecule has 170 valence electrons. The van der Waals surface area contributed by atoms with Crippen LogP contribution in [0.2, 0.25) is 0 Å². The summed E-state index contributed by atoms with van der Waals surface area (Å²) in [5.74, 6) is -0.0409. The molecule has 0 fully saturated rings. The second-order valence-corrected chi connectivity index (χ2v) is 10.0. The van der Waals surface area contributed by atoms with E-state index in [1.54, 1.807) is 0 Å². The highest BCUT2D eigenvalue weighted by Gasteiger charge is 2.28. The zero-order chi connectivity index (χ0) is 23.0. The standard InChI is InChI=1S/C22H29FN2O4S2/c1-15(2)29-18-11-9-17(10-12-18)16(3)24-22(26)20(13-14-30-4)25-31(27,28)21-8-6-5-7-19(21)23/h5-12,15-16,20,25H,13-14H2,1-4H3,(H,24,26). The van der Waals surface area contributed by atoms with E-state index >= 15 is 0 Å². The van der Waals surface area contributed by atoms with Gasteiger partial charge in [-0.2, -0.15) is 16.5 Å². The highest BCUT2D eigenvalue weighted by Crippen LogP contribution is 2.20. The van der Waals surface area contributed by atoms with E-state index in [0.717, 1.165) is 17.4 Å². The minimum absolute atomic E-state index is 0.0580. The molecule has 2 aromatic rings. The molecular formula is C22H29FN2O4S2. The van der Waals surface area contributed by atoms with Crippen LogP contribution < -0.4 is 14.8 Å². The van der Waals surface area contributed by atoms with E-state index in [4.69, 9.17) is 4.74 Å². The van der Waals surface area contributed by atoms with Gasteiger partial charge in [0.2, 0.25) is 15.9 Å². The molecule has 2 atom stereocenters. The zero-order valence-corrected chi connectivity index (χ0v) is 19.7. The molecule has 0 spiro atoms. The molecule has 0 heterocycles. The fraction of sp³-hybridized carbons (Fsp3) is 0.409. The first-order chi connectivity index (χ1) is 14.6. The minimum atomic E-state index is -4.19. The summed E-state index contributed by atoms with van der Waals surface area (Å²) in [4.78, 5) is 12.4. The summed E-state index contributed by atoms with van der Waals surface area (Å²) in [7, 11) is -4.19. The van der Waals surface area contributed by atoms with Gasteiger partial charge in [0, 0.05) is 0 Å². The third-order valence-corrected chi connectivity index (χ3v) is 6.61. The van der Waals surface area contributed by atoms with Gasteiger partial charge in [-0.25, -0.2) is 12.8 Å². The van der Waals surface area contributed by atoms with Crippen LogP contribution in [0, 0.1) is 5.82 Å². The Balaban J connectivity index is 2.12. The molecule has 0 saturated carbocycles. The summed E-state index contributed by atoms with van der Waals surface area (Å²) in [6.45, 7) is 5.69. The van der Waals surface area contributed by atoms with E-state index in [1.165, 1.54) is 30.0 Å². The van der Waals surface area contributed by atoms with Gasteiger partial charge in [-0.1, -0.05) is 24.3 Å². The zero-order valence-electron chi connectivity index (χ0n) is 18.1. The van der Waals surface area contributed by atoms with Gasteiger partial charge >= 0.3 is 0 Å². The van der Waals surface area contributed by atoms with Gasteiger partial charge in [0.15, 0.2) is 0 Å². The van der Waals surface area contributed by atoms with E-state index in [0.29, 0.717) is 5.75 Å². The molecule has 2 aromatic carbocycles. The molecule has 2 N–H and O–H groups in total. The summed E-state index contributed by atoms with van der Waals surface area (Å²) in [6.07, 6.45) is 2.20. The Labute approximate surface area is 188 Å². The van der Waals surface area contributed by atoms with E-state index in [9.17, 15) is 17.6 Å². The average Bonchev–Trinajstić information content (AvgIpc) is 2.71. The van der Waals surface area contributed by atoms with Crippen molar-refractivity contribution in [1.29, 1.82) is 0 Å². The predicted octanol–water partition coefficient (Wildman–Crippen LogP) is 3.89. The number of ether oxygens (including phenoxy) is 1. The molecule has 0 radical (unpaired) electrons. The maximum Gasteiger partial charge on any atom is 0.244 e. The van der Waals surface area contributed by atoms with Crippen molar-refractivity contribution in [1.82, 2.24) is 10.0 Å². The van der Waals surface area contributed by atoms with Crippen molar-refractivity contribution in [2.24, 2.45) is 0 Å². The van der Waals surface area contributed by atoms with Crippen molar-refractivity contribution < 1.29 is 22.3 Å². The third-order valence-electron chi connectivity index (χ3n) is 4.46. The molecule has 0 aliphatic heterocycles. The Morgan fingerprint density at radius 3 is 2.32 bits per heavy atom. The second kappa shape index (κ2) is 11.5. The molecule has 0 saturated heterocycles. The molecule has 0 aliphatic rings. The molecule has 31 heavy (non-hydrogen) atoms. The van der Waals surface area contributed by atoms with Gasteiger partial charge in [-0.05, 0) is 69.0 Å². The molecule has 0 aromatic heterocycles. The maximum atomic E-state index is 14.0. The number of amides is 1. The number of carbonyl (C=O) groups excluding carboxylic acids is 1. The van der Waals surface area contributed by atoms with Crippen LogP contribution in [-0.2, 0) is 14.8 Å². The van der Waals surface area contributed by atoms with Crippen molar-refractivity contribution in [3.05, 3.63) is 59.9 Å². The normalized spacial score (nSPS) is 13.6. The molecule has 0 aliphatic carbocycles. The summed E-state index contributed by atoms with van der Waals surface area (Å²) in [6, 6.07) is 11.1. The molecule has 0 bridgehead atoms. The van der Waals surface area contributed by atoms with E-state index < -0.39 is 32.7 Å². The first-order valence-electron chi connectivity index (χ1n) is 9.97. The number of hydrogen-bond acceptors (Lipinski definition) is 5. The van der Waals surface area contributed by atoms with Crippen LogP contribution in [0.15, 0.2) is 53.4 Å². The predicted molar refractivity (Wildman–Crippen MR) is 122 cm³/mol. The van der Waals surface area contributed by atoms with Crippen LogP contribution in [-0.4, -0.2) is 38.5 Å². The van der Waals surface area contributed by atoms with Crippen molar-refractivity contribution in [2.45, 2.75) is 50.3 Å². The monoisotopic (exact) mass is 468 g/mol. The smallest absolute Gasteiger partial charge is 0.244 e. The maximum absolute atomic E-state index is 14.0. The van der Waals surface area contributed by atoms with Gasteiger partial charge in [0.05, 0.1) is 12.1 Å². The van der Waals surface area contributed by atoms with Crippen LogP contribution in [0.3, 0.4) is 0 Å². The Bertz CT molecular complexity index is 966. The van der Waals surface area contributed by atoms with Gasteiger partial charge in [-0.15, -0.1) is 0 Å². The van der Waals surface area contributed by atoms with E-state index in [2.05, 4.69) is 10.0 Å². The quantitative estimate of drug-likeness (QED) is 0.523. The third kappa shape index (κ3) is 7.52. The van der Waals surface area contributed by atoms with Gasteiger partial charge in [0.1, 0.15) is 22.5 Å². The Kier molecular flexibility index (Phi) is 9.33. The Hall–Kier alpha value is -2.10. The highest BCUT2D eigenvalue weighted by molar-refractivity contribution is 7.98. The topological polar surface area (TPSA) is 84.5 Å². The second-order valence-electron chi connectivity index (χ2n) is 7.35. The summed E-state index contributed by atoms with van der Waals surface area (Å²) < 4.78 is 47.3. The lowest BCUT2D eigenvalue weighted by Crippen LogP contribution is -2.47. The number of rotatable bonds is 11. The number of thioether (sulfide) groups is 1. The summed E-state index contributed by atoms with van der Waals surface area (Å²) in [5, 5.41) is 2.84. The molecule has 2 unspecified atom stereocenters. The Morgan fingerprint density at radius 2 is 1.74 bits per heavy atom. The lowest BCUT2D eigenvalue weighted by atomic mass is 10.1. The molecule has 9 heteroatoms. The Morgan fingerprint density at radius 1 is 1.10 bits per heavy atom. The van der Waals surface area contributed by atoms with E-state index in [-0.39, 0.29) is 18.6 Å². The molecule has 2 rings (SSSR count).